The third-order valence-corrected chi connectivity index (χ3v) is 5.82. The van der Waals surface area contributed by atoms with Crippen LogP contribution < -0.4 is 5.73 Å². The molecule has 0 aromatic heterocycles. The number of sulfonamides is 1. The molecule has 2 N–H and O–H groups in total. The van der Waals surface area contributed by atoms with E-state index in [9.17, 15) is 8.42 Å². The zero-order valence-electron chi connectivity index (χ0n) is 10.4. The summed E-state index contributed by atoms with van der Waals surface area (Å²) in [5.74, 6) is 0.392. The molecular weight excluding hydrogens is 316 g/mol. The first kappa shape index (κ1) is 13.8. The van der Waals surface area contributed by atoms with Crippen LogP contribution in [0.15, 0.2) is 27.6 Å². The summed E-state index contributed by atoms with van der Waals surface area (Å²) < 4.78 is 27.4. The van der Waals surface area contributed by atoms with Gasteiger partial charge in [0.2, 0.25) is 10.0 Å². The molecule has 1 fully saturated rings. The fourth-order valence-corrected chi connectivity index (χ4v) is 4.87. The zero-order valence-corrected chi connectivity index (χ0v) is 12.8. The minimum atomic E-state index is -3.50. The number of halogens is 1. The highest BCUT2D eigenvalue weighted by molar-refractivity contribution is 9.10. The molecular formula is C12H17BrN2O2S. The van der Waals surface area contributed by atoms with Crippen molar-refractivity contribution >= 4 is 31.6 Å². The van der Waals surface area contributed by atoms with Crippen LogP contribution >= 0.6 is 15.9 Å². The Kier molecular flexibility index (Phi) is 3.71. The molecule has 1 heterocycles. The van der Waals surface area contributed by atoms with Crippen LogP contribution in [0.5, 0.6) is 0 Å². The normalized spacial score (nSPS) is 25.5. The molecule has 4 nitrogen and oxygen atoms in total. The number of hydrogen-bond acceptors (Lipinski definition) is 3. The summed E-state index contributed by atoms with van der Waals surface area (Å²) in [5, 5.41) is 0. The van der Waals surface area contributed by atoms with Gasteiger partial charge < -0.3 is 5.73 Å². The van der Waals surface area contributed by atoms with Gasteiger partial charge in [-0.05, 0) is 37.5 Å². The number of nitrogens with two attached hydrogens (primary N) is 1. The van der Waals surface area contributed by atoms with E-state index in [2.05, 4.69) is 22.9 Å². The smallest absolute Gasteiger partial charge is 0.245 e. The van der Waals surface area contributed by atoms with Gasteiger partial charge in [0.15, 0.2) is 0 Å². The molecule has 1 aliphatic rings. The predicted octanol–water partition coefficient (Wildman–Crippen LogP) is 2.45. The highest BCUT2D eigenvalue weighted by atomic mass is 79.9. The van der Waals surface area contributed by atoms with Gasteiger partial charge in [-0.15, -0.1) is 0 Å². The van der Waals surface area contributed by atoms with Crippen molar-refractivity contribution in [2.45, 2.75) is 31.2 Å². The van der Waals surface area contributed by atoms with E-state index in [1.54, 1.807) is 22.5 Å². The Labute approximate surface area is 116 Å². The Morgan fingerprint density at radius 3 is 2.61 bits per heavy atom. The van der Waals surface area contributed by atoms with E-state index in [0.29, 0.717) is 18.2 Å². The summed E-state index contributed by atoms with van der Waals surface area (Å²) in [6.45, 7) is 4.57. The quantitative estimate of drug-likeness (QED) is 0.846. The fourth-order valence-electron chi connectivity index (χ4n) is 2.45. The highest BCUT2D eigenvalue weighted by Crippen LogP contribution is 2.32. The highest BCUT2D eigenvalue weighted by Gasteiger charge is 2.36. The van der Waals surface area contributed by atoms with Crippen LogP contribution in [-0.2, 0) is 10.0 Å². The number of nitrogens with zero attached hydrogens (tertiary/aromatic N) is 1. The maximum absolute atomic E-state index is 12.6. The number of anilines is 1. The van der Waals surface area contributed by atoms with Crippen molar-refractivity contribution in [3.05, 3.63) is 22.7 Å². The summed E-state index contributed by atoms with van der Waals surface area (Å²) in [6, 6.07) is 4.95. The Hall–Kier alpha value is -0.590. The third-order valence-electron chi connectivity index (χ3n) is 3.29. The number of benzene rings is 1. The van der Waals surface area contributed by atoms with Crippen LogP contribution in [0, 0.1) is 5.92 Å². The van der Waals surface area contributed by atoms with Crippen molar-refractivity contribution in [2.24, 2.45) is 5.92 Å². The Morgan fingerprint density at radius 2 is 2.06 bits per heavy atom. The van der Waals surface area contributed by atoms with Gasteiger partial charge in [0.05, 0.1) is 5.69 Å². The number of nitrogen functional groups attached to an aromatic ring is 1. The van der Waals surface area contributed by atoms with Crippen molar-refractivity contribution in [3.8, 4) is 0 Å². The van der Waals surface area contributed by atoms with Gasteiger partial charge in [0.25, 0.3) is 0 Å². The van der Waals surface area contributed by atoms with Crippen LogP contribution in [0.2, 0.25) is 0 Å². The molecule has 0 saturated carbocycles. The second-order valence-electron chi connectivity index (χ2n) is 4.95. The first-order valence-corrected chi connectivity index (χ1v) is 8.12. The van der Waals surface area contributed by atoms with Crippen LogP contribution in [-0.4, -0.2) is 25.3 Å². The first-order valence-electron chi connectivity index (χ1n) is 5.89. The molecule has 1 saturated heterocycles. The van der Waals surface area contributed by atoms with Gasteiger partial charge in [0.1, 0.15) is 4.90 Å². The molecule has 0 amide bonds. The topological polar surface area (TPSA) is 63.4 Å². The van der Waals surface area contributed by atoms with E-state index in [1.807, 2.05) is 6.92 Å². The summed E-state index contributed by atoms with van der Waals surface area (Å²) in [4.78, 5) is 0.192. The van der Waals surface area contributed by atoms with Gasteiger partial charge in [0, 0.05) is 17.1 Å². The molecule has 1 aromatic rings. The van der Waals surface area contributed by atoms with Crippen molar-refractivity contribution in [1.29, 1.82) is 0 Å². The van der Waals surface area contributed by atoms with Crippen molar-refractivity contribution < 1.29 is 8.42 Å². The first-order chi connectivity index (χ1) is 8.32. The lowest BCUT2D eigenvalue weighted by Gasteiger charge is -2.22. The van der Waals surface area contributed by atoms with Crippen LogP contribution in [0.25, 0.3) is 0 Å². The maximum atomic E-state index is 12.6. The van der Waals surface area contributed by atoms with Gasteiger partial charge in [-0.3, -0.25) is 0 Å². The molecule has 100 valence electrons. The molecule has 18 heavy (non-hydrogen) atoms. The summed E-state index contributed by atoms with van der Waals surface area (Å²) >= 11 is 3.29. The van der Waals surface area contributed by atoms with Gasteiger partial charge in [-0.25, -0.2) is 8.42 Å². The summed E-state index contributed by atoms with van der Waals surface area (Å²) in [6.07, 6.45) is 0.896. The molecule has 0 spiro atoms. The average molecular weight is 333 g/mol. The molecule has 1 aliphatic heterocycles. The van der Waals surface area contributed by atoms with Gasteiger partial charge >= 0.3 is 0 Å². The van der Waals surface area contributed by atoms with Crippen LogP contribution in [0.4, 0.5) is 5.69 Å². The molecule has 2 atom stereocenters. The molecule has 2 rings (SSSR count). The van der Waals surface area contributed by atoms with Gasteiger partial charge in [-0.1, -0.05) is 22.9 Å². The molecule has 0 radical (unpaired) electrons. The standard InChI is InChI=1S/C12H17BrN2O2S/c1-8-5-9(2)15(7-8)18(16,17)12-6-10(13)3-4-11(12)14/h3-4,6,8-9H,5,7,14H2,1-2H3. The van der Waals surface area contributed by atoms with E-state index in [-0.39, 0.29) is 10.9 Å². The van der Waals surface area contributed by atoms with Crippen LogP contribution in [0.3, 0.4) is 0 Å². The van der Waals surface area contributed by atoms with Crippen molar-refractivity contribution in [3.63, 3.8) is 0 Å². The number of rotatable bonds is 2. The number of hydrogen-bond donors (Lipinski definition) is 1. The minimum absolute atomic E-state index is 0.0309. The monoisotopic (exact) mass is 332 g/mol. The lowest BCUT2D eigenvalue weighted by molar-refractivity contribution is 0.406. The molecule has 1 aromatic carbocycles. The van der Waals surface area contributed by atoms with Crippen molar-refractivity contribution in [2.75, 3.05) is 12.3 Å². The van der Waals surface area contributed by atoms with E-state index in [0.717, 1.165) is 10.9 Å². The maximum Gasteiger partial charge on any atom is 0.245 e. The lowest BCUT2D eigenvalue weighted by atomic mass is 10.1. The molecule has 2 unspecified atom stereocenters. The van der Waals surface area contributed by atoms with E-state index < -0.39 is 10.0 Å². The molecule has 6 heteroatoms. The summed E-state index contributed by atoms with van der Waals surface area (Å²) in [7, 11) is -3.50. The fraction of sp³-hybridized carbons (Fsp3) is 0.500. The Morgan fingerprint density at radius 1 is 1.39 bits per heavy atom. The summed E-state index contributed by atoms with van der Waals surface area (Å²) in [5.41, 5.74) is 6.09. The predicted molar refractivity (Wildman–Crippen MR) is 75.7 cm³/mol. The molecule has 0 bridgehead atoms. The zero-order chi connectivity index (χ0) is 13.5. The Bertz CT molecular complexity index is 559. The average Bonchev–Trinajstić information content (AvgIpc) is 2.62. The lowest BCUT2D eigenvalue weighted by Crippen LogP contribution is -2.34. The Balaban J connectivity index is 2.45. The van der Waals surface area contributed by atoms with E-state index in [4.69, 9.17) is 5.73 Å². The minimum Gasteiger partial charge on any atom is -0.398 e. The van der Waals surface area contributed by atoms with Gasteiger partial charge in [-0.2, -0.15) is 4.31 Å². The van der Waals surface area contributed by atoms with Crippen molar-refractivity contribution in [1.82, 2.24) is 4.31 Å². The SMILES string of the molecule is CC1CC(C)N(S(=O)(=O)c2cc(Br)ccc2N)C1. The largest absolute Gasteiger partial charge is 0.398 e. The van der Waals surface area contributed by atoms with Crippen LogP contribution in [0.1, 0.15) is 20.3 Å². The molecule has 0 aliphatic carbocycles. The second kappa shape index (κ2) is 4.83. The third kappa shape index (κ3) is 2.41. The van der Waals surface area contributed by atoms with E-state index >= 15 is 0 Å². The second-order valence-corrected chi connectivity index (χ2v) is 7.72. The van der Waals surface area contributed by atoms with E-state index in [1.165, 1.54) is 0 Å².